The van der Waals surface area contributed by atoms with E-state index in [-0.39, 0.29) is 27.8 Å². The van der Waals surface area contributed by atoms with Gasteiger partial charge in [0.1, 0.15) is 11.5 Å². The summed E-state index contributed by atoms with van der Waals surface area (Å²) in [6.45, 7) is 31.0. The molecule has 2 aliphatic heterocycles. The number of aryl methyl sites for hydroxylation is 1. The highest BCUT2D eigenvalue weighted by Gasteiger charge is 2.39. The molecule has 12 nitrogen and oxygen atoms in total. The van der Waals surface area contributed by atoms with Crippen molar-refractivity contribution in [3.63, 3.8) is 0 Å². The van der Waals surface area contributed by atoms with Crippen LogP contribution in [-0.2, 0) is 28.7 Å². The number of ether oxygens (including phenoxy) is 6. The smallest absolute Gasteiger partial charge is 0.192 e. The van der Waals surface area contributed by atoms with Crippen molar-refractivity contribution in [1.29, 1.82) is 0 Å². The Morgan fingerprint density at radius 2 is 0.850 bits per heavy atom. The van der Waals surface area contributed by atoms with E-state index in [0.717, 1.165) is 225 Å². The van der Waals surface area contributed by atoms with Crippen LogP contribution >= 0.6 is 62.3 Å². The Morgan fingerprint density at radius 3 is 1.27 bits per heavy atom. The van der Waals surface area contributed by atoms with Crippen LogP contribution < -0.4 is 39.0 Å². The fraction of sp³-hybridized carbons (Fsp3) is 0.461. The average Bonchev–Trinajstić information content (AvgIpc) is 1.72. The summed E-state index contributed by atoms with van der Waals surface area (Å²) < 4.78 is 65.1. The number of hydrogen-bond acceptors (Lipinski definition) is 16. The lowest BCUT2D eigenvalue weighted by Gasteiger charge is -2.31. The number of rotatable bonds is 39. The highest BCUT2D eigenvalue weighted by atomic mass is 32.1. The third-order valence-electron chi connectivity index (χ3n) is 19.3. The van der Waals surface area contributed by atoms with E-state index >= 15 is 0 Å². The number of methoxy groups -OCH3 is 1. The Kier molecular flexibility index (Phi) is 36.7. The van der Waals surface area contributed by atoms with Gasteiger partial charge in [0.25, 0.3) is 0 Å². The number of fused-ring (bicyclic) bond motifs is 2. The van der Waals surface area contributed by atoms with Gasteiger partial charge in [-0.3, -0.25) is 9.13 Å². The van der Waals surface area contributed by atoms with Gasteiger partial charge in [0.05, 0.1) is 86.1 Å². The number of benzene rings is 4. The summed E-state index contributed by atoms with van der Waals surface area (Å²) in [4.78, 5) is 26.6. The van der Waals surface area contributed by atoms with Crippen molar-refractivity contribution in [1.82, 2.24) is 0 Å². The fourth-order valence-corrected chi connectivity index (χ4v) is 18.1. The highest BCUT2D eigenvalue weighted by molar-refractivity contribution is 7.34. The molecule has 0 aliphatic carbocycles. The van der Waals surface area contributed by atoms with E-state index in [1.807, 2.05) is 76.2 Å². The number of hydrogen-bond donors (Lipinski definition) is 0. The summed E-state index contributed by atoms with van der Waals surface area (Å²) in [5.74, 6) is 5.37. The van der Waals surface area contributed by atoms with Crippen molar-refractivity contribution in [3.05, 3.63) is 146 Å². The molecule has 1 atom stereocenters. The van der Waals surface area contributed by atoms with Crippen LogP contribution in [0, 0.1) is 23.7 Å². The van der Waals surface area contributed by atoms with E-state index in [4.69, 9.17) is 28.4 Å². The van der Waals surface area contributed by atoms with Crippen LogP contribution in [-0.4, -0.2) is 66.6 Å². The topological polar surface area (TPSA) is 126 Å². The SMILES string of the molecule is C/C=C/c1sc(-c2ccc(-c3cc(OCC(CC)CCCC)c(-c4ccc(-c5sc(/C=C/c6cc(/C=C/c7ccc(P=O)cc7)c(C)cc6/C=C/c6ccc(P=O)cc6)c6c5OCC(CCCC)(CCCC)CO6)s4)cc3OC)s2)c2c1OCC(CCCC)(CCCC)CO2.CCOOCC.CCOOCC. The number of allylic oxidation sites excluding steroid dienone is 1. The molecule has 0 bridgehead atoms. The van der Waals surface area contributed by atoms with E-state index in [9.17, 15) is 9.13 Å². The molecule has 0 saturated carbocycles. The second-order valence-corrected chi connectivity index (χ2v) is 33.1. The molecule has 6 heterocycles. The maximum Gasteiger partial charge on any atom is 0.192 e. The molecule has 0 radical (unpaired) electrons. The van der Waals surface area contributed by atoms with Crippen molar-refractivity contribution >= 4 is 115 Å². The molecule has 2 aliphatic rings. The average molecular weight is 1570 g/mol. The zero-order chi connectivity index (χ0) is 76.4. The van der Waals surface area contributed by atoms with Gasteiger partial charge in [0.2, 0.25) is 0 Å². The minimum absolute atomic E-state index is 0.00271. The van der Waals surface area contributed by atoms with Crippen molar-refractivity contribution in [2.75, 3.05) is 66.6 Å². The van der Waals surface area contributed by atoms with E-state index < -0.39 is 0 Å². The highest BCUT2D eigenvalue weighted by Crippen LogP contribution is 2.57. The molecule has 4 aromatic carbocycles. The standard InChI is InChI=1S/C81H94O8P2S4.2C4H10O2/c1-10-17-23-56(16-7)50-85-67-49-64(68-38-40-72(92-68)78-76-74(70(94-78)22-15-6)86-51-80(53-88-76,42-18-11-2)43-19-12-3)66(84-9)48-65(67)69-39-41-73(93-69)79-77-75(87-52-81(54-89-77,44-20-13-4)45-21-14-5)71(95-79)37-32-61-47-59(30-24-57-26-33-62(90-82)34-27-57)55(8)46-60(61)31-25-58-28-35-63(91-83)36-29-58;2*1-3-5-6-4-2/h15,22,24-41,46-49,56H,10-14,16-21,23,42-45,50-54H2,1-9H3;2*3-4H2,1-2H3/b22-15+,30-24+,31-25+,37-32+;;. The van der Waals surface area contributed by atoms with Gasteiger partial charge in [0, 0.05) is 52.1 Å². The lowest BCUT2D eigenvalue weighted by molar-refractivity contribution is -0.287. The van der Waals surface area contributed by atoms with Crippen LogP contribution in [0.25, 0.3) is 82.9 Å². The van der Waals surface area contributed by atoms with Gasteiger partial charge in [-0.15, -0.1) is 45.3 Å². The van der Waals surface area contributed by atoms with Crippen LogP contribution in [0.5, 0.6) is 34.5 Å². The number of unbranched alkanes of at least 4 members (excludes halogenated alkanes) is 5. The van der Waals surface area contributed by atoms with Gasteiger partial charge in [-0.2, -0.15) is 0 Å². The zero-order valence-corrected chi connectivity index (χ0v) is 70.6. The van der Waals surface area contributed by atoms with Gasteiger partial charge >= 0.3 is 0 Å². The molecule has 576 valence electrons. The third kappa shape index (κ3) is 24.5. The third-order valence-corrected chi connectivity index (χ3v) is 25.1. The molecular weight excluding hydrogens is 1450 g/mol. The van der Waals surface area contributed by atoms with E-state index in [2.05, 4.69) is 172 Å². The first kappa shape index (κ1) is 86.1. The largest absolute Gasteiger partial charge is 0.496 e. The molecule has 0 saturated heterocycles. The minimum Gasteiger partial charge on any atom is -0.496 e. The summed E-state index contributed by atoms with van der Waals surface area (Å²) in [6.07, 6.45) is 35.0. The maximum atomic E-state index is 11.6. The predicted molar refractivity (Wildman–Crippen MR) is 457 cm³/mol. The molecule has 1 unspecified atom stereocenters. The summed E-state index contributed by atoms with van der Waals surface area (Å²) in [6, 6.07) is 33.4. The normalized spacial score (nSPS) is 14.2. The monoisotopic (exact) mass is 1560 g/mol. The summed E-state index contributed by atoms with van der Waals surface area (Å²) in [5.41, 5.74) is 8.20. The lowest BCUT2D eigenvalue weighted by Crippen LogP contribution is -2.33. The van der Waals surface area contributed by atoms with E-state index in [1.165, 1.54) is 6.42 Å². The quantitative estimate of drug-likeness (QED) is 0.0120. The van der Waals surface area contributed by atoms with Gasteiger partial charge < -0.3 is 28.4 Å². The van der Waals surface area contributed by atoms with Gasteiger partial charge in [-0.05, 0) is 192 Å². The van der Waals surface area contributed by atoms with E-state index in [0.29, 0.717) is 65.4 Å². The molecule has 10 rings (SSSR count). The lowest BCUT2D eigenvalue weighted by atomic mass is 9.79. The molecule has 107 heavy (non-hydrogen) atoms. The minimum atomic E-state index is -0.117. The molecular formula is C89H114O12P2S4. The first-order chi connectivity index (χ1) is 52.3. The van der Waals surface area contributed by atoms with E-state index in [1.54, 1.807) is 52.5 Å². The van der Waals surface area contributed by atoms with Crippen LogP contribution in [0.15, 0.2) is 103 Å². The van der Waals surface area contributed by atoms with Crippen LogP contribution in [0.1, 0.15) is 222 Å². The van der Waals surface area contributed by atoms with Gasteiger partial charge in [0.15, 0.2) is 39.9 Å². The van der Waals surface area contributed by atoms with Crippen molar-refractivity contribution in [3.8, 4) is 74.9 Å². The number of thiophene rings is 4. The summed E-state index contributed by atoms with van der Waals surface area (Å²) >= 11 is 6.96. The Bertz CT molecular complexity index is 4100. The van der Waals surface area contributed by atoms with Crippen LogP contribution in [0.4, 0.5) is 0 Å². The molecule has 0 spiro atoms. The Hall–Kier alpha value is -6.52. The van der Waals surface area contributed by atoms with Crippen molar-refractivity contribution in [2.24, 2.45) is 16.7 Å². The second kappa shape index (κ2) is 45.6. The second-order valence-electron chi connectivity index (χ2n) is 27.4. The summed E-state index contributed by atoms with van der Waals surface area (Å²) in [7, 11) is 1.79. The van der Waals surface area contributed by atoms with Crippen molar-refractivity contribution in [2.45, 2.75) is 186 Å². The molecule has 0 amide bonds. The molecule has 4 aromatic heterocycles. The zero-order valence-electron chi connectivity index (χ0n) is 65.5. The molecule has 8 aromatic rings. The van der Waals surface area contributed by atoms with Crippen LogP contribution in [0.3, 0.4) is 0 Å². The predicted octanol–water partition coefficient (Wildman–Crippen LogP) is 27.1. The van der Waals surface area contributed by atoms with Gasteiger partial charge in [-0.25, -0.2) is 19.6 Å². The van der Waals surface area contributed by atoms with Gasteiger partial charge in [-0.1, -0.05) is 179 Å². The molecule has 18 heteroatoms. The summed E-state index contributed by atoms with van der Waals surface area (Å²) in [5, 5.41) is 1.48. The van der Waals surface area contributed by atoms with Crippen molar-refractivity contribution < 1.29 is 57.1 Å². The van der Waals surface area contributed by atoms with Crippen LogP contribution in [0.2, 0.25) is 0 Å². The Labute approximate surface area is 658 Å². The molecule has 0 fully saturated rings. The fourth-order valence-electron chi connectivity index (χ4n) is 13.0. The first-order valence-corrected chi connectivity index (χ1v) is 43.7. The first-order valence-electron chi connectivity index (χ1n) is 38.8. The maximum absolute atomic E-state index is 11.6. The Morgan fingerprint density at radius 1 is 0.449 bits per heavy atom. The Balaban J connectivity index is 0.00000111. The molecule has 0 N–H and O–H groups in total.